The summed E-state index contributed by atoms with van der Waals surface area (Å²) in [7, 11) is -2.31. The van der Waals surface area contributed by atoms with Crippen LogP contribution in [0, 0.1) is 3.57 Å². The van der Waals surface area contributed by atoms with Crippen LogP contribution in [0.25, 0.3) is 0 Å². The summed E-state index contributed by atoms with van der Waals surface area (Å²) in [4.78, 5) is 12.8. The normalized spacial score (nSPS) is 11.0. The average molecular weight is 536 g/mol. The lowest BCUT2D eigenvalue weighted by Crippen LogP contribution is -2.40. The highest BCUT2D eigenvalue weighted by Crippen LogP contribution is 2.24. The third-order valence-corrected chi connectivity index (χ3v) is 6.89. The number of carbonyl (C=O) groups is 1. The Morgan fingerprint density at radius 3 is 2.20 bits per heavy atom. The lowest BCUT2D eigenvalue weighted by molar-refractivity contribution is -0.119. The Hall–Kier alpha value is -2.59. The molecule has 0 aliphatic carbocycles. The maximum atomic E-state index is 13.2. The first-order valence-corrected chi connectivity index (χ1v) is 11.6. The lowest BCUT2D eigenvalue weighted by atomic mass is 10.2. The number of ether oxygens (including phenoxy) is 1. The summed E-state index contributed by atoms with van der Waals surface area (Å²) in [6, 6.07) is 22.4. The van der Waals surface area contributed by atoms with Gasteiger partial charge in [-0.05, 0) is 76.7 Å². The quantitative estimate of drug-likeness (QED) is 0.445. The fourth-order valence-corrected chi connectivity index (χ4v) is 4.57. The minimum atomic E-state index is -3.90. The van der Waals surface area contributed by atoms with Crippen LogP contribution in [0.2, 0.25) is 0 Å². The van der Waals surface area contributed by atoms with Crippen molar-refractivity contribution in [3.8, 4) is 5.75 Å². The van der Waals surface area contributed by atoms with Crippen molar-refractivity contribution in [2.75, 3.05) is 18.0 Å². The summed E-state index contributed by atoms with van der Waals surface area (Å²) in [5, 5.41) is 2.78. The molecule has 0 bridgehead atoms. The number of rotatable bonds is 8. The van der Waals surface area contributed by atoms with E-state index in [2.05, 4.69) is 27.9 Å². The molecule has 0 spiro atoms. The molecular formula is C22H21IN2O4S. The predicted molar refractivity (Wildman–Crippen MR) is 125 cm³/mol. The van der Waals surface area contributed by atoms with Gasteiger partial charge in [-0.1, -0.05) is 30.3 Å². The van der Waals surface area contributed by atoms with Gasteiger partial charge in [0.2, 0.25) is 5.91 Å². The van der Waals surface area contributed by atoms with Crippen LogP contribution >= 0.6 is 22.6 Å². The Bertz CT molecular complexity index is 1090. The molecule has 8 heteroatoms. The van der Waals surface area contributed by atoms with Crippen LogP contribution in [0.3, 0.4) is 0 Å². The summed E-state index contributed by atoms with van der Waals surface area (Å²) < 4.78 is 33.7. The Kier molecular flexibility index (Phi) is 7.33. The van der Waals surface area contributed by atoms with Crippen molar-refractivity contribution in [2.45, 2.75) is 11.4 Å². The monoisotopic (exact) mass is 536 g/mol. The Morgan fingerprint density at radius 2 is 1.60 bits per heavy atom. The minimum absolute atomic E-state index is 0.131. The van der Waals surface area contributed by atoms with E-state index in [9.17, 15) is 13.2 Å². The van der Waals surface area contributed by atoms with Crippen LogP contribution in [0.5, 0.6) is 5.75 Å². The van der Waals surface area contributed by atoms with Crippen LogP contribution in [0.15, 0.2) is 83.8 Å². The van der Waals surface area contributed by atoms with E-state index in [1.807, 2.05) is 12.1 Å². The molecule has 0 saturated carbocycles. The minimum Gasteiger partial charge on any atom is -0.497 e. The zero-order valence-electron chi connectivity index (χ0n) is 16.3. The topological polar surface area (TPSA) is 75.7 Å². The molecule has 3 aromatic rings. The second kappa shape index (κ2) is 9.94. The van der Waals surface area contributed by atoms with Crippen molar-refractivity contribution in [3.05, 3.63) is 88.0 Å². The molecule has 0 fully saturated rings. The number of hydrogen-bond donors (Lipinski definition) is 1. The Labute approximate surface area is 190 Å². The van der Waals surface area contributed by atoms with Crippen LogP contribution in [0.4, 0.5) is 5.69 Å². The van der Waals surface area contributed by atoms with Crippen molar-refractivity contribution in [1.82, 2.24) is 5.32 Å². The molecule has 3 rings (SSSR count). The number of amides is 1. The summed E-state index contributed by atoms with van der Waals surface area (Å²) in [5.41, 5.74) is 1.31. The molecule has 0 atom stereocenters. The van der Waals surface area contributed by atoms with Gasteiger partial charge in [-0.15, -0.1) is 0 Å². The van der Waals surface area contributed by atoms with Gasteiger partial charge >= 0.3 is 0 Å². The number of nitrogens with zero attached hydrogens (tertiary/aromatic N) is 1. The van der Waals surface area contributed by atoms with Crippen molar-refractivity contribution < 1.29 is 17.9 Å². The highest BCUT2D eigenvalue weighted by Gasteiger charge is 2.27. The average Bonchev–Trinajstić information content (AvgIpc) is 2.77. The third kappa shape index (κ3) is 5.51. The maximum Gasteiger partial charge on any atom is 0.264 e. The van der Waals surface area contributed by atoms with Crippen LogP contribution < -0.4 is 14.4 Å². The molecule has 3 aromatic carbocycles. The first-order chi connectivity index (χ1) is 14.4. The van der Waals surface area contributed by atoms with E-state index >= 15 is 0 Å². The van der Waals surface area contributed by atoms with Gasteiger partial charge in [0.25, 0.3) is 10.0 Å². The van der Waals surface area contributed by atoms with Gasteiger partial charge < -0.3 is 10.1 Å². The largest absolute Gasteiger partial charge is 0.497 e. The van der Waals surface area contributed by atoms with Crippen molar-refractivity contribution in [2.24, 2.45) is 0 Å². The molecule has 0 aliphatic heterocycles. The number of sulfonamides is 1. The standard InChI is InChI=1S/C22H21IN2O4S/c1-29-20-13-7-17(8-14-20)15-24-22(26)16-25(19-11-9-18(23)10-12-19)30(27,28)21-5-3-2-4-6-21/h2-14H,15-16H2,1H3,(H,24,26). The number of anilines is 1. The Balaban J connectivity index is 1.79. The lowest BCUT2D eigenvalue weighted by Gasteiger charge is -2.24. The Morgan fingerprint density at radius 1 is 0.967 bits per heavy atom. The zero-order valence-corrected chi connectivity index (χ0v) is 19.3. The van der Waals surface area contributed by atoms with Gasteiger partial charge in [0.15, 0.2) is 0 Å². The van der Waals surface area contributed by atoms with E-state index in [1.165, 1.54) is 12.1 Å². The molecule has 0 aromatic heterocycles. The van der Waals surface area contributed by atoms with E-state index < -0.39 is 15.9 Å². The molecule has 30 heavy (non-hydrogen) atoms. The summed E-state index contributed by atoms with van der Waals surface area (Å²) >= 11 is 2.15. The van der Waals surface area contributed by atoms with E-state index in [4.69, 9.17) is 4.74 Å². The highest BCUT2D eigenvalue weighted by molar-refractivity contribution is 14.1. The molecule has 1 N–H and O–H groups in total. The molecule has 1 amide bonds. The van der Waals surface area contributed by atoms with Crippen molar-refractivity contribution in [1.29, 1.82) is 0 Å². The zero-order chi connectivity index (χ0) is 21.6. The molecule has 156 valence electrons. The number of carbonyl (C=O) groups excluding carboxylic acids is 1. The first-order valence-electron chi connectivity index (χ1n) is 9.13. The van der Waals surface area contributed by atoms with Gasteiger partial charge in [-0.3, -0.25) is 9.10 Å². The van der Waals surface area contributed by atoms with E-state index in [1.54, 1.807) is 61.7 Å². The highest BCUT2D eigenvalue weighted by atomic mass is 127. The number of hydrogen-bond acceptors (Lipinski definition) is 4. The van der Waals surface area contributed by atoms with Gasteiger partial charge in [0, 0.05) is 10.1 Å². The molecule has 0 saturated heterocycles. The fourth-order valence-electron chi connectivity index (χ4n) is 2.77. The van der Waals surface area contributed by atoms with E-state index in [-0.39, 0.29) is 18.0 Å². The van der Waals surface area contributed by atoms with Crippen LogP contribution in [-0.2, 0) is 21.4 Å². The van der Waals surface area contributed by atoms with Gasteiger partial charge in [-0.25, -0.2) is 8.42 Å². The molecule has 6 nitrogen and oxygen atoms in total. The summed E-state index contributed by atoms with van der Waals surface area (Å²) in [6.07, 6.45) is 0. The number of halogens is 1. The fraction of sp³-hybridized carbons (Fsp3) is 0.136. The number of methoxy groups -OCH3 is 1. The second-order valence-electron chi connectivity index (χ2n) is 6.43. The SMILES string of the molecule is COc1ccc(CNC(=O)CN(c2ccc(I)cc2)S(=O)(=O)c2ccccc2)cc1. The summed E-state index contributed by atoms with van der Waals surface area (Å²) in [6.45, 7) is -0.0390. The van der Waals surface area contributed by atoms with Gasteiger partial charge in [-0.2, -0.15) is 0 Å². The second-order valence-corrected chi connectivity index (χ2v) is 9.53. The third-order valence-electron chi connectivity index (χ3n) is 4.38. The van der Waals surface area contributed by atoms with Crippen LogP contribution in [-0.4, -0.2) is 28.0 Å². The van der Waals surface area contributed by atoms with Gasteiger partial charge in [0.1, 0.15) is 12.3 Å². The van der Waals surface area contributed by atoms with Crippen molar-refractivity contribution >= 4 is 44.2 Å². The van der Waals surface area contributed by atoms with E-state index in [0.717, 1.165) is 19.2 Å². The molecule has 0 radical (unpaired) electrons. The van der Waals surface area contributed by atoms with Gasteiger partial charge in [0.05, 0.1) is 17.7 Å². The predicted octanol–water partition coefficient (Wildman–Crippen LogP) is 3.81. The maximum absolute atomic E-state index is 13.2. The van der Waals surface area contributed by atoms with E-state index in [0.29, 0.717) is 5.69 Å². The smallest absolute Gasteiger partial charge is 0.264 e. The first kappa shape index (κ1) is 22.1. The van der Waals surface area contributed by atoms with Crippen molar-refractivity contribution in [3.63, 3.8) is 0 Å². The molecule has 0 aliphatic rings. The summed E-state index contributed by atoms with van der Waals surface area (Å²) in [5.74, 6) is 0.327. The molecule has 0 heterocycles. The number of benzene rings is 3. The number of nitrogens with one attached hydrogen (secondary N) is 1. The molecule has 0 unspecified atom stereocenters. The van der Waals surface area contributed by atoms with Crippen LogP contribution in [0.1, 0.15) is 5.56 Å². The molecular weight excluding hydrogens is 515 g/mol.